The first kappa shape index (κ1) is 24.6. The maximum Gasteiger partial charge on any atom is 0.325 e. The van der Waals surface area contributed by atoms with E-state index >= 15 is 0 Å². The van der Waals surface area contributed by atoms with E-state index in [0.29, 0.717) is 6.42 Å². The summed E-state index contributed by atoms with van der Waals surface area (Å²) in [5, 5.41) is 1.16. The molecule has 32 heavy (non-hydrogen) atoms. The Morgan fingerprint density at radius 2 is 1.72 bits per heavy atom. The summed E-state index contributed by atoms with van der Waals surface area (Å²) in [6, 6.07) is 17.5. The summed E-state index contributed by atoms with van der Waals surface area (Å²) in [6.45, 7) is 4.42. The number of rotatable bonds is 12. The number of aromatic nitrogens is 1. The third kappa shape index (κ3) is 7.00. The molecule has 0 aliphatic rings. The van der Waals surface area contributed by atoms with Crippen molar-refractivity contribution in [3.63, 3.8) is 0 Å². The Kier molecular flexibility index (Phi) is 9.04. The zero-order valence-corrected chi connectivity index (χ0v) is 20.2. The Bertz CT molecular complexity index is 1040. The summed E-state index contributed by atoms with van der Waals surface area (Å²) in [5.74, 6) is 0.281. The summed E-state index contributed by atoms with van der Waals surface area (Å²) in [4.78, 5) is 22.8. The van der Waals surface area contributed by atoms with Crippen LogP contribution in [0.4, 0.5) is 0 Å². The first-order valence-corrected chi connectivity index (χ1v) is 13.7. The van der Waals surface area contributed by atoms with Crippen molar-refractivity contribution in [3.05, 3.63) is 65.9 Å². The molecule has 0 aliphatic heterocycles. The van der Waals surface area contributed by atoms with E-state index in [-0.39, 0.29) is 12.1 Å². The van der Waals surface area contributed by atoms with Gasteiger partial charge in [-0.3, -0.25) is 9.55 Å². The molecule has 0 bridgehead atoms. The topological polar surface area (TPSA) is 70.4 Å². The number of benzene rings is 2. The van der Waals surface area contributed by atoms with Crippen LogP contribution >= 0.6 is 7.60 Å². The second-order valence-corrected chi connectivity index (χ2v) is 10.7. The lowest BCUT2D eigenvalue weighted by molar-refractivity contribution is 0.370. The molecule has 0 saturated carbocycles. The SMILES string of the molecule is CCCCCCc1ccc(-c2ccc(C(C)CCCCP(=O)(O)O)c3ncccc23)cc1. The lowest BCUT2D eigenvalue weighted by atomic mass is 9.90. The molecule has 1 aromatic heterocycles. The molecule has 172 valence electrons. The fourth-order valence-corrected chi connectivity index (χ4v) is 5.01. The largest absolute Gasteiger partial charge is 0.325 e. The summed E-state index contributed by atoms with van der Waals surface area (Å²) < 4.78 is 11.1. The zero-order valence-electron chi connectivity index (χ0n) is 19.3. The van der Waals surface area contributed by atoms with Gasteiger partial charge < -0.3 is 9.79 Å². The van der Waals surface area contributed by atoms with Gasteiger partial charge in [0.15, 0.2) is 0 Å². The van der Waals surface area contributed by atoms with Crippen molar-refractivity contribution in [2.24, 2.45) is 0 Å². The van der Waals surface area contributed by atoms with E-state index in [1.54, 1.807) is 0 Å². The van der Waals surface area contributed by atoms with E-state index in [1.165, 1.54) is 47.9 Å². The van der Waals surface area contributed by atoms with Crippen molar-refractivity contribution >= 4 is 18.5 Å². The van der Waals surface area contributed by atoms with Crippen molar-refractivity contribution in [1.29, 1.82) is 0 Å². The zero-order chi connectivity index (χ0) is 23.0. The number of hydrogen-bond acceptors (Lipinski definition) is 2. The first-order valence-electron chi connectivity index (χ1n) is 11.9. The van der Waals surface area contributed by atoms with Gasteiger partial charge >= 0.3 is 7.60 Å². The molecule has 4 nitrogen and oxygen atoms in total. The number of pyridine rings is 1. The molecule has 3 rings (SSSR count). The molecule has 0 fully saturated rings. The lowest BCUT2D eigenvalue weighted by Crippen LogP contribution is -1.99. The van der Waals surface area contributed by atoms with Gasteiger partial charge in [-0.1, -0.05) is 82.0 Å². The average Bonchev–Trinajstić information content (AvgIpc) is 2.78. The van der Waals surface area contributed by atoms with Crippen LogP contribution in [0.25, 0.3) is 22.0 Å². The highest BCUT2D eigenvalue weighted by molar-refractivity contribution is 7.51. The predicted molar refractivity (Wildman–Crippen MR) is 134 cm³/mol. The first-order chi connectivity index (χ1) is 15.4. The van der Waals surface area contributed by atoms with Gasteiger partial charge in [0, 0.05) is 17.7 Å². The van der Waals surface area contributed by atoms with Gasteiger partial charge in [-0.15, -0.1) is 0 Å². The fourth-order valence-electron chi connectivity index (χ4n) is 4.37. The van der Waals surface area contributed by atoms with Crippen molar-refractivity contribution < 1.29 is 14.4 Å². The Morgan fingerprint density at radius 3 is 2.44 bits per heavy atom. The van der Waals surface area contributed by atoms with Crippen LogP contribution in [0.5, 0.6) is 0 Å². The fraction of sp³-hybridized carbons (Fsp3) is 0.444. The van der Waals surface area contributed by atoms with Crippen molar-refractivity contribution in [3.8, 4) is 11.1 Å². The van der Waals surface area contributed by atoms with E-state index in [1.807, 2.05) is 12.3 Å². The molecule has 5 heteroatoms. The van der Waals surface area contributed by atoms with E-state index in [9.17, 15) is 4.57 Å². The van der Waals surface area contributed by atoms with E-state index in [2.05, 4.69) is 56.3 Å². The second kappa shape index (κ2) is 11.7. The van der Waals surface area contributed by atoms with E-state index < -0.39 is 7.60 Å². The summed E-state index contributed by atoms with van der Waals surface area (Å²) in [7, 11) is -3.90. The molecule has 0 aliphatic carbocycles. The normalized spacial score (nSPS) is 12.9. The molecule has 1 unspecified atom stereocenters. The third-order valence-corrected chi connectivity index (χ3v) is 7.15. The molecule has 0 spiro atoms. The van der Waals surface area contributed by atoms with Crippen LogP contribution in [0.1, 0.15) is 75.8 Å². The van der Waals surface area contributed by atoms with Crippen LogP contribution in [0.3, 0.4) is 0 Å². The van der Waals surface area contributed by atoms with Crippen molar-refractivity contribution in [2.75, 3.05) is 6.16 Å². The Labute approximate surface area is 192 Å². The lowest BCUT2D eigenvalue weighted by Gasteiger charge is -2.16. The Balaban J connectivity index is 1.75. The van der Waals surface area contributed by atoms with Gasteiger partial charge in [0.2, 0.25) is 0 Å². The maximum absolute atomic E-state index is 11.1. The Morgan fingerprint density at radius 1 is 0.938 bits per heavy atom. The predicted octanol–water partition coefficient (Wildman–Crippen LogP) is 7.48. The number of fused-ring (bicyclic) bond motifs is 1. The average molecular weight is 454 g/mol. The van der Waals surface area contributed by atoms with Gasteiger partial charge in [-0.2, -0.15) is 0 Å². The molecule has 2 aromatic carbocycles. The number of aryl methyl sites for hydroxylation is 1. The summed E-state index contributed by atoms with van der Waals surface area (Å²) >= 11 is 0. The van der Waals surface area contributed by atoms with Gasteiger partial charge in [-0.05, 0) is 59.9 Å². The quantitative estimate of drug-likeness (QED) is 0.220. The van der Waals surface area contributed by atoms with E-state index in [4.69, 9.17) is 14.8 Å². The van der Waals surface area contributed by atoms with Crippen LogP contribution in [0.15, 0.2) is 54.7 Å². The van der Waals surface area contributed by atoms with Crippen LogP contribution in [0.2, 0.25) is 0 Å². The second-order valence-electron chi connectivity index (χ2n) is 8.89. The van der Waals surface area contributed by atoms with Gasteiger partial charge in [0.05, 0.1) is 5.52 Å². The molecule has 0 saturated heterocycles. The Hall–Kier alpha value is -2.00. The van der Waals surface area contributed by atoms with Gasteiger partial charge in [-0.25, -0.2) is 0 Å². The molecule has 3 aromatic rings. The summed E-state index contributed by atoms with van der Waals surface area (Å²) in [5.41, 5.74) is 6.03. The standard InChI is InChI=1S/C27H36NO3P/c1-3-4-5-6-11-22-13-15-23(16-14-22)25-18-17-24(27-26(25)12-9-19-28-27)21(2)10-7-8-20-32(29,30)31/h9,12-19,21H,3-8,10-11,20H2,1-2H3,(H2,29,30,31). The minimum absolute atomic E-state index is 0.0355. The summed E-state index contributed by atoms with van der Waals surface area (Å²) in [6.07, 6.45) is 10.3. The molecule has 1 heterocycles. The third-order valence-electron chi connectivity index (χ3n) is 6.25. The molecule has 0 amide bonds. The van der Waals surface area contributed by atoms with Crippen LogP contribution in [0, 0.1) is 0 Å². The van der Waals surface area contributed by atoms with Crippen LogP contribution in [-0.4, -0.2) is 20.9 Å². The molecule has 0 radical (unpaired) electrons. The highest BCUT2D eigenvalue weighted by Crippen LogP contribution is 2.37. The molecular weight excluding hydrogens is 417 g/mol. The number of unbranched alkanes of at least 4 members (excludes halogenated alkanes) is 4. The van der Waals surface area contributed by atoms with Gasteiger partial charge in [0.1, 0.15) is 0 Å². The highest BCUT2D eigenvalue weighted by Gasteiger charge is 2.16. The number of hydrogen-bond donors (Lipinski definition) is 2. The highest BCUT2D eigenvalue weighted by atomic mass is 31.2. The molecular formula is C27H36NO3P. The molecule has 1 atom stereocenters. The monoisotopic (exact) mass is 453 g/mol. The van der Waals surface area contributed by atoms with Gasteiger partial charge in [0.25, 0.3) is 0 Å². The maximum atomic E-state index is 11.1. The van der Waals surface area contributed by atoms with Crippen LogP contribution < -0.4 is 0 Å². The van der Waals surface area contributed by atoms with E-state index in [0.717, 1.165) is 30.2 Å². The number of nitrogens with zero attached hydrogens (tertiary/aromatic N) is 1. The minimum atomic E-state index is -3.90. The smallest absolute Gasteiger partial charge is 0.324 e. The van der Waals surface area contributed by atoms with Crippen molar-refractivity contribution in [1.82, 2.24) is 4.98 Å². The van der Waals surface area contributed by atoms with Crippen molar-refractivity contribution in [2.45, 2.75) is 71.1 Å². The van der Waals surface area contributed by atoms with Crippen LogP contribution in [-0.2, 0) is 11.0 Å². The molecule has 2 N–H and O–H groups in total. The minimum Gasteiger partial charge on any atom is -0.324 e.